The van der Waals surface area contributed by atoms with Crippen molar-refractivity contribution in [3.63, 3.8) is 0 Å². The number of guanidine groups is 1. The van der Waals surface area contributed by atoms with Gasteiger partial charge in [-0.15, -0.1) is 24.0 Å². The average molecular weight is 377 g/mol. The van der Waals surface area contributed by atoms with Gasteiger partial charge in [0.05, 0.1) is 0 Å². The molecular formula is C15H28IN3. The van der Waals surface area contributed by atoms with Crippen molar-refractivity contribution in [1.29, 1.82) is 0 Å². The summed E-state index contributed by atoms with van der Waals surface area (Å²) in [6, 6.07) is 0.543. The van der Waals surface area contributed by atoms with Crippen molar-refractivity contribution in [3.8, 4) is 0 Å². The van der Waals surface area contributed by atoms with Crippen LogP contribution >= 0.6 is 24.0 Å². The molecule has 2 N–H and O–H groups in total. The van der Waals surface area contributed by atoms with Gasteiger partial charge in [0.2, 0.25) is 0 Å². The highest BCUT2D eigenvalue weighted by Gasteiger charge is 2.19. The molecule has 2 aliphatic carbocycles. The van der Waals surface area contributed by atoms with E-state index in [2.05, 4.69) is 34.7 Å². The lowest BCUT2D eigenvalue weighted by Gasteiger charge is -2.27. The fourth-order valence-corrected chi connectivity index (χ4v) is 3.11. The minimum absolute atomic E-state index is 0. The number of rotatable bonds is 3. The molecule has 2 rings (SSSR count). The van der Waals surface area contributed by atoms with Gasteiger partial charge in [0.15, 0.2) is 5.96 Å². The van der Waals surface area contributed by atoms with Crippen LogP contribution in [-0.4, -0.2) is 25.6 Å². The summed E-state index contributed by atoms with van der Waals surface area (Å²) in [4.78, 5) is 4.32. The Balaban J connectivity index is 0.00000180. The lowest BCUT2D eigenvalue weighted by molar-refractivity contribution is 0.282. The van der Waals surface area contributed by atoms with E-state index in [-0.39, 0.29) is 24.0 Å². The van der Waals surface area contributed by atoms with Crippen LogP contribution in [-0.2, 0) is 0 Å². The lowest BCUT2D eigenvalue weighted by atomic mass is 9.82. The maximum atomic E-state index is 4.32. The molecule has 1 saturated carbocycles. The zero-order valence-corrected chi connectivity index (χ0v) is 14.5. The first-order chi connectivity index (χ1) is 8.78. The van der Waals surface area contributed by atoms with Gasteiger partial charge in [-0.25, -0.2) is 0 Å². The average Bonchev–Trinajstić information content (AvgIpc) is 2.87. The molecule has 2 atom stereocenters. The Morgan fingerprint density at radius 2 is 2.00 bits per heavy atom. The molecule has 0 radical (unpaired) electrons. The largest absolute Gasteiger partial charge is 0.356 e. The highest BCUT2D eigenvalue weighted by atomic mass is 127. The van der Waals surface area contributed by atoms with E-state index < -0.39 is 0 Å². The molecular weight excluding hydrogens is 349 g/mol. The predicted octanol–water partition coefficient (Wildman–Crippen LogP) is 3.31. The first kappa shape index (κ1) is 16.8. The van der Waals surface area contributed by atoms with E-state index in [1.165, 1.54) is 25.7 Å². The van der Waals surface area contributed by atoms with Crippen molar-refractivity contribution in [2.45, 2.75) is 51.5 Å². The number of nitrogens with one attached hydrogen (secondary N) is 2. The van der Waals surface area contributed by atoms with Gasteiger partial charge in [0.25, 0.3) is 0 Å². The molecule has 0 aromatic rings. The zero-order chi connectivity index (χ0) is 12.8. The minimum atomic E-state index is 0. The molecule has 19 heavy (non-hydrogen) atoms. The molecule has 0 bridgehead atoms. The molecule has 3 nitrogen and oxygen atoms in total. The van der Waals surface area contributed by atoms with Crippen molar-refractivity contribution in [1.82, 2.24) is 10.6 Å². The van der Waals surface area contributed by atoms with Gasteiger partial charge >= 0.3 is 0 Å². The molecule has 4 heteroatoms. The summed E-state index contributed by atoms with van der Waals surface area (Å²) in [5.41, 5.74) is 0. The highest BCUT2D eigenvalue weighted by molar-refractivity contribution is 14.0. The topological polar surface area (TPSA) is 36.4 Å². The number of nitrogens with zero attached hydrogens (tertiary/aromatic N) is 1. The van der Waals surface area contributed by atoms with Crippen molar-refractivity contribution < 1.29 is 0 Å². The third-order valence-corrected chi connectivity index (χ3v) is 4.18. The van der Waals surface area contributed by atoms with Crippen LogP contribution in [0.2, 0.25) is 0 Å². The second-order valence-corrected chi connectivity index (χ2v) is 5.87. The Bertz CT molecular complexity index is 307. The Morgan fingerprint density at radius 3 is 2.63 bits per heavy atom. The third kappa shape index (κ3) is 5.71. The van der Waals surface area contributed by atoms with Crippen LogP contribution < -0.4 is 10.6 Å². The van der Waals surface area contributed by atoms with Crippen LogP contribution in [0.15, 0.2) is 17.1 Å². The van der Waals surface area contributed by atoms with Crippen LogP contribution in [0.4, 0.5) is 0 Å². The van der Waals surface area contributed by atoms with E-state index in [9.17, 15) is 0 Å². The third-order valence-electron chi connectivity index (χ3n) is 4.18. The molecule has 2 aliphatic rings. The quantitative estimate of drug-likeness (QED) is 0.343. The summed E-state index contributed by atoms with van der Waals surface area (Å²) in [5.74, 6) is 2.70. The van der Waals surface area contributed by atoms with Crippen molar-refractivity contribution >= 4 is 29.9 Å². The van der Waals surface area contributed by atoms with E-state index in [4.69, 9.17) is 0 Å². The molecule has 0 spiro atoms. The molecule has 0 aliphatic heterocycles. The monoisotopic (exact) mass is 377 g/mol. The van der Waals surface area contributed by atoms with Gasteiger partial charge in [0, 0.05) is 19.6 Å². The zero-order valence-electron chi connectivity index (χ0n) is 12.2. The van der Waals surface area contributed by atoms with Gasteiger partial charge in [-0.2, -0.15) is 0 Å². The lowest BCUT2D eigenvalue weighted by Crippen LogP contribution is -2.44. The Morgan fingerprint density at radius 1 is 1.26 bits per heavy atom. The second-order valence-electron chi connectivity index (χ2n) is 5.87. The molecule has 0 heterocycles. The van der Waals surface area contributed by atoms with Gasteiger partial charge in [-0.1, -0.05) is 31.9 Å². The van der Waals surface area contributed by atoms with Crippen LogP contribution in [0.1, 0.15) is 45.4 Å². The maximum absolute atomic E-state index is 4.32. The van der Waals surface area contributed by atoms with Crippen LogP contribution in [0.25, 0.3) is 0 Å². The van der Waals surface area contributed by atoms with Crippen LogP contribution in [0, 0.1) is 11.8 Å². The van der Waals surface area contributed by atoms with Crippen LogP contribution in [0.3, 0.4) is 0 Å². The first-order valence-electron chi connectivity index (χ1n) is 7.40. The second kappa shape index (κ2) is 8.82. The standard InChI is InChI=1S/C15H27N3.HI/c1-12-6-5-7-13(10-12)11-17-15(16-2)18-14-8-3-4-9-14;/h3-4,12-14H,5-11H2,1-2H3,(H2,16,17,18);1H. The Labute approximate surface area is 134 Å². The number of hydrogen-bond donors (Lipinski definition) is 2. The number of aliphatic imine (C=N–C) groups is 1. The fraction of sp³-hybridized carbons (Fsp3) is 0.800. The molecule has 1 fully saturated rings. The highest BCUT2D eigenvalue weighted by Crippen LogP contribution is 2.27. The summed E-state index contributed by atoms with van der Waals surface area (Å²) >= 11 is 0. The van der Waals surface area contributed by atoms with E-state index >= 15 is 0 Å². The molecule has 110 valence electrons. The van der Waals surface area contributed by atoms with E-state index in [1.54, 1.807) is 0 Å². The Kier molecular flexibility index (Phi) is 7.80. The van der Waals surface area contributed by atoms with Gasteiger partial charge in [-0.05, 0) is 37.5 Å². The van der Waals surface area contributed by atoms with Gasteiger partial charge < -0.3 is 10.6 Å². The van der Waals surface area contributed by atoms with Crippen molar-refractivity contribution in [2.24, 2.45) is 16.8 Å². The molecule has 2 unspecified atom stereocenters. The fourth-order valence-electron chi connectivity index (χ4n) is 3.11. The maximum Gasteiger partial charge on any atom is 0.191 e. The molecule has 0 aromatic heterocycles. The molecule has 0 saturated heterocycles. The Hall–Kier alpha value is -0.260. The van der Waals surface area contributed by atoms with Crippen molar-refractivity contribution in [3.05, 3.63) is 12.2 Å². The summed E-state index contributed by atoms with van der Waals surface area (Å²) in [5, 5.41) is 6.99. The normalized spacial score (nSPS) is 28.0. The van der Waals surface area contributed by atoms with E-state index in [0.717, 1.165) is 37.2 Å². The van der Waals surface area contributed by atoms with Gasteiger partial charge in [-0.3, -0.25) is 4.99 Å². The summed E-state index contributed by atoms with van der Waals surface area (Å²) in [6.07, 6.45) is 12.3. The van der Waals surface area contributed by atoms with Crippen molar-refractivity contribution in [2.75, 3.05) is 13.6 Å². The minimum Gasteiger partial charge on any atom is -0.356 e. The summed E-state index contributed by atoms with van der Waals surface area (Å²) in [6.45, 7) is 3.45. The summed E-state index contributed by atoms with van der Waals surface area (Å²) in [7, 11) is 1.86. The SMILES string of the molecule is CN=C(NCC1CCCC(C)C1)NC1CC=CC1.I. The molecule has 0 aromatic carbocycles. The summed E-state index contributed by atoms with van der Waals surface area (Å²) < 4.78 is 0. The first-order valence-corrected chi connectivity index (χ1v) is 7.40. The smallest absolute Gasteiger partial charge is 0.191 e. The van der Waals surface area contributed by atoms with E-state index in [0.29, 0.717) is 6.04 Å². The van der Waals surface area contributed by atoms with E-state index in [1.807, 2.05) is 7.05 Å². The van der Waals surface area contributed by atoms with Gasteiger partial charge in [0.1, 0.15) is 0 Å². The number of halogens is 1. The number of hydrogen-bond acceptors (Lipinski definition) is 1. The van der Waals surface area contributed by atoms with Crippen LogP contribution in [0.5, 0.6) is 0 Å². The predicted molar refractivity (Wildman–Crippen MR) is 93.2 cm³/mol. The molecule has 0 amide bonds.